The Kier molecular flexibility index (Phi) is 9.55. The van der Waals surface area contributed by atoms with Crippen LogP contribution in [0.3, 0.4) is 0 Å². The van der Waals surface area contributed by atoms with Gasteiger partial charge in [-0.3, -0.25) is 0 Å². The van der Waals surface area contributed by atoms with Crippen molar-refractivity contribution in [3.63, 3.8) is 0 Å². The second-order valence-corrected chi connectivity index (χ2v) is 10.3. The van der Waals surface area contributed by atoms with Crippen LogP contribution in [0.5, 0.6) is 0 Å². The van der Waals surface area contributed by atoms with Crippen LogP contribution in [-0.2, 0) is 11.2 Å². The van der Waals surface area contributed by atoms with E-state index in [4.69, 9.17) is 4.74 Å². The van der Waals surface area contributed by atoms with Crippen LogP contribution in [-0.4, -0.2) is 17.2 Å². The van der Waals surface area contributed by atoms with Gasteiger partial charge in [-0.2, -0.15) is 0 Å². The minimum Gasteiger partial charge on any atom is -0.459 e. The number of esters is 1. The van der Waals surface area contributed by atoms with Gasteiger partial charge in [-0.1, -0.05) is 56.5 Å². The number of aryl methyl sites for hydroxylation is 1. The Balaban J connectivity index is 1.50. The fourth-order valence-corrected chi connectivity index (χ4v) is 5.42. The van der Waals surface area contributed by atoms with Gasteiger partial charge in [-0.05, 0) is 87.1 Å². The Labute approximate surface area is 197 Å². The molecule has 0 bridgehead atoms. The van der Waals surface area contributed by atoms with Gasteiger partial charge in [0.1, 0.15) is 4.88 Å². The minimum absolute atomic E-state index is 0.0842. The minimum atomic E-state index is -0.350. The summed E-state index contributed by atoms with van der Waals surface area (Å²) in [6.07, 6.45) is 11.9. The zero-order valence-electron chi connectivity index (χ0n) is 19.8. The molecule has 0 fully saturated rings. The Bertz CT molecular complexity index is 878. The summed E-state index contributed by atoms with van der Waals surface area (Å²) in [5.74, 6) is 0.386. The monoisotopic (exact) mass is 454 g/mol. The number of unbranched alkanes of at least 4 members (excludes halogenated alkanes) is 2. The lowest BCUT2D eigenvalue weighted by Crippen LogP contribution is -2.09. The fourth-order valence-electron chi connectivity index (χ4n) is 4.48. The third-order valence-corrected chi connectivity index (χ3v) is 7.34. The predicted molar refractivity (Wildman–Crippen MR) is 134 cm³/mol. The summed E-state index contributed by atoms with van der Waals surface area (Å²) < 4.78 is 5.29. The highest BCUT2D eigenvalue weighted by Crippen LogP contribution is 2.37. The lowest BCUT2D eigenvalue weighted by molar-refractivity contribution is 0.0384. The van der Waals surface area contributed by atoms with E-state index < -0.39 is 0 Å². The molecule has 0 saturated heterocycles. The molecule has 1 N–H and O–H groups in total. The van der Waals surface area contributed by atoms with Crippen molar-refractivity contribution < 1.29 is 14.6 Å². The van der Waals surface area contributed by atoms with E-state index >= 15 is 0 Å². The number of ether oxygens (including phenoxy) is 1. The number of aliphatic hydroxyl groups is 1. The maximum Gasteiger partial charge on any atom is 0.348 e. The molecule has 2 unspecified atom stereocenters. The number of carbonyl (C=O) groups is 1. The lowest BCUT2D eigenvalue weighted by atomic mass is 9.89. The van der Waals surface area contributed by atoms with Crippen molar-refractivity contribution >= 4 is 22.9 Å². The van der Waals surface area contributed by atoms with E-state index in [1.165, 1.54) is 35.3 Å². The van der Waals surface area contributed by atoms with Crippen molar-refractivity contribution in [2.24, 2.45) is 5.92 Å². The molecule has 0 spiro atoms. The number of hydrogen-bond donors (Lipinski definition) is 1. The van der Waals surface area contributed by atoms with E-state index in [1.807, 2.05) is 19.9 Å². The molecule has 0 aliphatic heterocycles. The van der Waals surface area contributed by atoms with E-state index in [-0.39, 0.29) is 18.2 Å². The summed E-state index contributed by atoms with van der Waals surface area (Å²) in [6.45, 7) is 5.94. The van der Waals surface area contributed by atoms with Crippen LogP contribution in [0.25, 0.3) is 5.57 Å². The van der Waals surface area contributed by atoms with Crippen LogP contribution in [0.15, 0.2) is 42.5 Å². The van der Waals surface area contributed by atoms with Gasteiger partial charge in [-0.15, -0.1) is 11.3 Å². The van der Waals surface area contributed by atoms with E-state index in [1.54, 1.807) is 11.3 Å². The van der Waals surface area contributed by atoms with Crippen LogP contribution in [0.1, 0.15) is 104 Å². The largest absolute Gasteiger partial charge is 0.459 e. The number of hydrogen-bond acceptors (Lipinski definition) is 4. The van der Waals surface area contributed by atoms with E-state index in [2.05, 4.69) is 43.3 Å². The first-order valence-corrected chi connectivity index (χ1v) is 13.1. The molecule has 0 saturated carbocycles. The van der Waals surface area contributed by atoms with Crippen LogP contribution in [0.4, 0.5) is 0 Å². The molecule has 0 radical (unpaired) electrons. The SMILES string of the molecule is CCCCCC(O)c1ccc(C2=CCCC2CCCc2ccc(C(=O)OC(C)C)s2)cc1. The van der Waals surface area contributed by atoms with E-state index in [0.717, 1.165) is 44.1 Å². The van der Waals surface area contributed by atoms with Crippen LogP contribution < -0.4 is 0 Å². The Morgan fingerprint density at radius 3 is 2.62 bits per heavy atom. The summed E-state index contributed by atoms with van der Waals surface area (Å²) in [6, 6.07) is 12.5. The average Bonchev–Trinajstić information content (AvgIpc) is 3.43. The molecule has 4 heteroatoms. The van der Waals surface area contributed by atoms with Crippen molar-refractivity contribution in [2.45, 2.75) is 90.8 Å². The highest BCUT2D eigenvalue weighted by Gasteiger charge is 2.21. The van der Waals surface area contributed by atoms with Gasteiger partial charge in [0.15, 0.2) is 0 Å². The van der Waals surface area contributed by atoms with Gasteiger partial charge in [0.2, 0.25) is 0 Å². The number of rotatable bonds is 12. The standard InChI is InChI=1S/C28H38O3S/c1-4-5-6-13-26(29)23-16-14-22(15-17-23)25-12-8-10-21(25)9-7-11-24-18-19-27(32-24)28(30)31-20(2)3/h12,14-21,26,29H,4-11,13H2,1-3H3. The number of benzene rings is 1. The van der Waals surface area contributed by atoms with Gasteiger partial charge < -0.3 is 9.84 Å². The second-order valence-electron chi connectivity index (χ2n) is 9.18. The zero-order chi connectivity index (χ0) is 22.9. The maximum absolute atomic E-state index is 12.0. The van der Waals surface area contributed by atoms with Gasteiger partial charge in [-0.25, -0.2) is 4.79 Å². The fraction of sp³-hybridized carbons (Fsp3) is 0.536. The average molecular weight is 455 g/mol. The molecular weight excluding hydrogens is 416 g/mol. The Morgan fingerprint density at radius 2 is 1.91 bits per heavy atom. The molecule has 2 atom stereocenters. The third-order valence-electron chi connectivity index (χ3n) is 6.21. The third kappa shape index (κ3) is 7.05. The van der Waals surface area contributed by atoms with Crippen molar-refractivity contribution in [2.75, 3.05) is 0 Å². The Hall–Kier alpha value is -1.91. The summed E-state index contributed by atoms with van der Waals surface area (Å²) >= 11 is 1.56. The summed E-state index contributed by atoms with van der Waals surface area (Å²) in [5, 5.41) is 10.4. The van der Waals surface area contributed by atoms with Crippen LogP contribution in [0, 0.1) is 5.92 Å². The van der Waals surface area contributed by atoms with E-state index in [0.29, 0.717) is 10.8 Å². The smallest absolute Gasteiger partial charge is 0.348 e. The summed E-state index contributed by atoms with van der Waals surface area (Å²) in [4.78, 5) is 14.0. The normalized spacial score (nSPS) is 16.9. The molecule has 2 aromatic rings. The Morgan fingerprint density at radius 1 is 1.12 bits per heavy atom. The van der Waals surface area contributed by atoms with Gasteiger partial charge in [0, 0.05) is 4.88 Å². The first-order valence-electron chi connectivity index (χ1n) is 12.3. The first-order chi connectivity index (χ1) is 15.5. The molecule has 1 aliphatic rings. The molecule has 1 aliphatic carbocycles. The van der Waals surface area contributed by atoms with Crippen molar-refractivity contribution in [1.29, 1.82) is 0 Å². The molecule has 3 nitrogen and oxygen atoms in total. The topological polar surface area (TPSA) is 46.5 Å². The lowest BCUT2D eigenvalue weighted by Gasteiger charge is -2.16. The highest BCUT2D eigenvalue weighted by molar-refractivity contribution is 7.13. The number of allylic oxidation sites excluding steroid dienone is 2. The predicted octanol–water partition coefficient (Wildman–Crippen LogP) is 7.74. The van der Waals surface area contributed by atoms with Crippen molar-refractivity contribution in [3.05, 3.63) is 63.4 Å². The molecule has 174 valence electrons. The molecule has 1 aromatic carbocycles. The molecule has 1 heterocycles. The van der Waals surface area contributed by atoms with E-state index in [9.17, 15) is 9.90 Å². The van der Waals surface area contributed by atoms with Gasteiger partial charge in [0.25, 0.3) is 0 Å². The molecule has 32 heavy (non-hydrogen) atoms. The summed E-state index contributed by atoms with van der Waals surface area (Å²) in [5.41, 5.74) is 3.79. The highest BCUT2D eigenvalue weighted by atomic mass is 32.1. The number of aliphatic hydroxyl groups excluding tert-OH is 1. The molecular formula is C28H38O3S. The summed E-state index contributed by atoms with van der Waals surface area (Å²) in [7, 11) is 0. The van der Waals surface area contributed by atoms with Crippen LogP contribution >= 0.6 is 11.3 Å². The number of thiophene rings is 1. The zero-order valence-corrected chi connectivity index (χ0v) is 20.6. The number of carbonyl (C=O) groups excluding carboxylic acids is 1. The molecule has 3 rings (SSSR count). The molecule has 0 amide bonds. The van der Waals surface area contributed by atoms with Crippen LogP contribution in [0.2, 0.25) is 0 Å². The van der Waals surface area contributed by atoms with Gasteiger partial charge >= 0.3 is 5.97 Å². The first kappa shape index (κ1) is 24.7. The maximum atomic E-state index is 12.0. The van der Waals surface area contributed by atoms with Gasteiger partial charge in [0.05, 0.1) is 12.2 Å². The van der Waals surface area contributed by atoms with Crippen molar-refractivity contribution in [1.82, 2.24) is 0 Å². The quantitative estimate of drug-likeness (QED) is 0.263. The van der Waals surface area contributed by atoms with Crippen molar-refractivity contribution in [3.8, 4) is 0 Å². The second kappa shape index (κ2) is 12.4. The molecule has 1 aromatic heterocycles.